The maximum atomic E-state index is 12.9. The molecule has 0 saturated carbocycles. The molecule has 0 aliphatic rings. The highest BCUT2D eigenvalue weighted by Gasteiger charge is 2.06. The van der Waals surface area contributed by atoms with E-state index in [1.54, 1.807) is 7.05 Å². The van der Waals surface area contributed by atoms with E-state index in [4.69, 9.17) is 0 Å². The van der Waals surface area contributed by atoms with E-state index in [0.29, 0.717) is 18.2 Å². The van der Waals surface area contributed by atoms with Gasteiger partial charge >= 0.3 is 0 Å². The number of benzene rings is 2. The van der Waals surface area contributed by atoms with Crippen LogP contribution in [0, 0.1) is 5.82 Å². The minimum atomic E-state index is -0.342. The third-order valence-corrected chi connectivity index (χ3v) is 4.13. The van der Waals surface area contributed by atoms with Crippen LogP contribution in [0.2, 0.25) is 0 Å². The van der Waals surface area contributed by atoms with Crippen LogP contribution < -0.4 is 16.0 Å². The van der Waals surface area contributed by atoms with Crippen molar-refractivity contribution < 1.29 is 9.18 Å². The van der Waals surface area contributed by atoms with Crippen LogP contribution in [0.5, 0.6) is 0 Å². The number of aromatic amines is 1. The Labute approximate surface area is 156 Å². The van der Waals surface area contributed by atoms with Crippen molar-refractivity contribution in [3.63, 3.8) is 0 Å². The largest absolute Gasteiger partial charge is 0.361 e. The molecule has 3 aromatic rings. The molecule has 3 rings (SSSR count). The zero-order valence-corrected chi connectivity index (χ0v) is 15.1. The summed E-state index contributed by atoms with van der Waals surface area (Å²) >= 11 is 0. The van der Waals surface area contributed by atoms with Crippen LogP contribution in [-0.4, -0.2) is 37.0 Å². The van der Waals surface area contributed by atoms with Crippen molar-refractivity contribution in [2.24, 2.45) is 4.99 Å². The van der Waals surface area contributed by atoms with Crippen LogP contribution in [0.15, 0.2) is 59.7 Å². The van der Waals surface area contributed by atoms with Crippen LogP contribution in [0.1, 0.15) is 5.56 Å². The number of carbonyl (C=O) groups is 1. The van der Waals surface area contributed by atoms with Gasteiger partial charge in [-0.25, -0.2) is 4.39 Å². The summed E-state index contributed by atoms with van der Waals surface area (Å²) in [5, 5.41) is 10.1. The minimum absolute atomic E-state index is 0.0597. The number of H-pyrrole nitrogens is 1. The number of amides is 1. The number of guanidine groups is 1. The predicted molar refractivity (Wildman–Crippen MR) is 106 cm³/mol. The molecule has 0 aliphatic heterocycles. The number of hydrogen-bond donors (Lipinski definition) is 4. The smallest absolute Gasteiger partial charge is 0.243 e. The second-order valence-corrected chi connectivity index (χ2v) is 6.02. The van der Waals surface area contributed by atoms with Gasteiger partial charge in [-0.3, -0.25) is 9.79 Å². The van der Waals surface area contributed by atoms with E-state index in [0.717, 1.165) is 11.9 Å². The molecule has 140 valence electrons. The van der Waals surface area contributed by atoms with E-state index in [9.17, 15) is 9.18 Å². The summed E-state index contributed by atoms with van der Waals surface area (Å²) < 4.78 is 12.9. The Morgan fingerprint density at radius 3 is 2.67 bits per heavy atom. The SMILES string of the molecule is CN=C(NCCc1c[nH]c2ccccc12)NCC(=O)Nc1ccc(F)cc1. The van der Waals surface area contributed by atoms with E-state index in [-0.39, 0.29) is 18.3 Å². The second-order valence-electron chi connectivity index (χ2n) is 6.02. The highest BCUT2D eigenvalue weighted by atomic mass is 19.1. The first-order valence-electron chi connectivity index (χ1n) is 8.70. The molecule has 7 heteroatoms. The molecule has 27 heavy (non-hydrogen) atoms. The van der Waals surface area contributed by atoms with Crippen molar-refractivity contribution in [3.8, 4) is 0 Å². The molecule has 0 saturated heterocycles. The van der Waals surface area contributed by atoms with Crippen molar-refractivity contribution >= 4 is 28.5 Å². The Bertz CT molecular complexity index is 933. The molecule has 1 aromatic heterocycles. The fourth-order valence-corrected chi connectivity index (χ4v) is 2.78. The molecule has 0 aliphatic carbocycles. The summed E-state index contributed by atoms with van der Waals surface area (Å²) in [5.41, 5.74) is 2.89. The summed E-state index contributed by atoms with van der Waals surface area (Å²) in [7, 11) is 1.65. The third kappa shape index (κ3) is 5.07. The fourth-order valence-electron chi connectivity index (χ4n) is 2.78. The molecule has 2 aromatic carbocycles. The maximum absolute atomic E-state index is 12.9. The highest BCUT2D eigenvalue weighted by molar-refractivity contribution is 5.95. The quantitative estimate of drug-likeness (QED) is 0.399. The number of halogens is 1. The maximum Gasteiger partial charge on any atom is 0.243 e. The van der Waals surface area contributed by atoms with Crippen molar-refractivity contribution in [1.29, 1.82) is 0 Å². The third-order valence-electron chi connectivity index (χ3n) is 4.13. The van der Waals surface area contributed by atoms with Gasteiger partial charge in [-0.2, -0.15) is 0 Å². The van der Waals surface area contributed by atoms with E-state index in [1.165, 1.54) is 35.2 Å². The fraction of sp³-hybridized carbons (Fsp3) is 0.200. The zero-order valence-electron chi connectivity index (χ0n) is 15.1. The Balaban J connectivity index is 1.44. The molecule has 1 heterocycles. The minimum Gasteiger partial charge on any atom is -0.361 e. The van der Waals surface area contributed by atoms with E-state index in [2.05, 4.69) is 32.0 Å². The molecule has 0 spiro atoms. The molecule has 0 bridgehead atoms. The molecule has 1 amide bonds. The van der Waals surface area contributed by atoms with Gasteiger partial charge in [0, 0.05) is 36.4 Å². The second kappa shape index (κ2) is 8.84. The Hall–Kier alpha value is -3.35. The normalized spacial score (nSPS) is 11.4. The molecular formula is C20H22FN5O. The Morgan fingerprint density at radius 2 is 1.89 bits per heavy atom. The van der Waals surface area contributed by atoms with Gasteiger partial charge < -0.3 is 20.9 Å². The van der Waals surface area contributed by atoms with Crippen LogP contribution in [0.25, 0.3) is 10.9 Å². The highest BCUT2D eigenvalue weighted by Crippen LogP contribution is 2.17. The molecule has 0 fully saturated rings. The number of carbonyl (C=O) groups excluding carboxylic acids is 1. The van der Waals surface area contributed by atoms with Gasteiger partial charge in [-0.1, -0.05) is 18.2 Å². The van der Waals surface area contributed by atoms with Crippen LogP contribution in [0.3, 0.4) is 0 Å². The number of aliphatic imine (C=N–C) groups is 1. The van der Waals surface area contributed by atoms with Crippen molar-refractivity contribution in [2.45, 2.75) is 6.42 Å². The first-order valence-corrected chi connectivity index (χ1v) is 8.70. The van der Waals surface area contributed by atoms with E-state index >= 15 is 0 Å². The standard InChI is InChI=1S/C20H22FN5O/c1-22-20(25-13-19(27)26-16-8-6-15(21)7-9-16)23-11-10-14-12-24-18-5-3-2-4-17(14)18/h2-9,12,24H,10-11,13H2,1H3,(H,26,27)(H2,22,23,25). The monoisotopic (exact) mass is 367 g/mol. The zero-order chi connectivity index (χ0) is 19.1. The van der Waals surface area contributed by atoms with Gasteiger partial charge in [-0.15, -0.1) is 0 Å². The summed E-state index contributed by atoms with van der Waals surface area (Å²) in [6.45, 7) is 0.741. The van der Waals surface area contributed by atoms with Gasteiger partial charge in [0.1, 0.15) is 5.82 Å². The lowest BCUT2D eigenvalue weighted by atomic mass is 10.1. The number of fused-ring (bicyclic) bond motifs is 1. The van der Waals surface area contributed by atoms with Crippen molar-refractivity contribution in [1.82, 2.24) is 15.6 Å². The average molecular weight is 367 g/mol. The van der Waals surface area contributed by atoms with Crippen molar-refractivity contribution in [3.05, 3.63) is 66.1 Å². The van der Waals surface area contributed by atoms with Crippen LogP contribution >= 0.6 is 0 Å². The average Bonchev–Trinajstić information content (AvgIpc) is 3.09. The molecule has 4 N–H and O–H groups in total. The lowest BCUT2D eigenvalue weighted by Crippen LogP contribution is -2.42. The van der Waals surface area contributed by atoms with Crippen molar-refractivity contribution in [2.75, 3.05) is 25.5 Å². The summed E-state index contributed by atoms with van der Waals surface area (Å²) in [6, 6.07) is 13.8. The number of nitrogens with zero attached hydrogens (tertiary/aromatic N) is 1. The molecular weight excluding hydrogens is 345 g/mol. The van der Waals surface area contributed by atoms with Gasteiger partial charge in [0.2, 0.25) is 5.91 Å². The van der Waals surface area contributed by atoms with Crippen LogP contribution in [-0.2, 0) is 11.2 Å². The summed E-state index contributed by atoms with van der Waals surface area (Å²) in [5.74, 6) is -0.0313. The summed E-state index contributed by atoms with van der Waals surface area (Å²) in [4.78, 5) is 19.3. The molecule has 0 atom stereocenters. The topological polar surface area (TPSA) is 81.3 Å². The van der Waals surface area contributed by atoms with Crippen LogP contribution in [0.4, 0.5) is 10.1 Å². The Kier molecular flexibility index (Phi) is 6.04. The van der Waals surface area contributed by atoms with Gasteiger partial charge in [0.15, 0.2) is 5.96 Å². The first-order chi connectivity index (χ1) is 13.2. The molecule has 0 unspecified atom stereocenters. The number of anilines is 1. The number of para-hydroxylation sites is 1. The number of nitrogens with one attached hydrogen (secondary N) is 4. The number of aromatic nitrogens is 1. The lowest BCUT2D eigenvalue weighted by molar-refractivity contribution is -0.115. The Morgan fingerprint density at radius 1 is 1.11 bits per heavy atom. The van der Waals surface area contributed by atoms with Gasteiger partial charge in [-0.05, 0) is 42.3 Å². The summed E-state index contributed by atoms with van der Waals surface area (Å²) in [6.07, 6.45) is 2.84. The van der Waals surface area contributed by atoms with Gasteiger partial charge in [0.25, 0.3) is 0 Å². The molecule has 6 nitrogen and oxygen atoms in total. The molecule has 0 radical (unpaired) electrons. The van der Waals surface area contributed by atoms with E-state index in [1.807, 2.05) is 24.4 Å². The lowest BCUT2D eigenvalue weighted by Gasteiger charge is -2.12. The number of hydrogen-bond acceptors (Lipinski definition) is 2. The number of rotatable bonds is 6. The first kappa shape index (κ1) is 18.4. The predicted octanol–water partition coefficient (Wildman–Crippen LogP) is 2.65. The van der Waals surface area contributed by atoms with Gasteiger partial charge in [0.05, 0.1) is 6.54 Å². The van der Waals surface area contributed by atoms with E-state index < -0.39 is 0 Å².